The molecular weight excluding hydrogens is 380 g/mol. The van der Waals surface area contributed by atoms with Crippen LogP contribution < -0.4 is 4.72 Å². The van der Waals surface area contributed by atoms with Gasteiger partial charge in [0.2, 0.25) is 0 Å². The Bertz CT molecular complexity index is 1120. The third-order valence-corrected chi connectivity index (χ3v) is 6.11. The first kappa shape index (κ1) is 17.8. The predicted molar refractivity (Wildman–Crippen MR) is 109 cm³/mol. The fourth-order valence-electron chi connectivity index (χ4n) is 3.17. The second kappa shape index (κ2) is 7.18. The zero-order chi connectivity index (χ0) is 18.9. The van der Waals surface area contributed by atoms with Crippen molar-refractivity contribution in [3.63, 3.8) is 0 Å². The third-order valence-electron chi connectivity index (χ3n) is 4.47. The molecule has 0 bridgehead atoms. The van der Waals surface area contributed by atoms with E-state index in [0.29, 0.717) is 17.3 Å². The number of rotatable bonds is 4. The minimum Gasteiger partial charge on any atom is -0.284 e. The molecule has 0 saturated carbocycles. The van der Waals surface area contributed by atoms with Gasteiger partial charge in [-0.05, 0) is 42.3 Å². The Morgan fingerprint density at radius 1 is 0.852 bits per heavy atom. The van der Waals surface area contributed by atoms with E-state index in [2.05, 4.69) is 15.8 Å². The van der Waals surface area contributed by atoms with E-state index in [4.69, 9.17) is 11.6 Å². The molecule has 6 heteroatoms. The second-order valence-corrected chi connectivity index (χ2v) is 8.36. The average Bonchev–Trinajstić information content (AvgIpc) is 2.68. The number of para-hydroxylation sites is 1. The molecule has 0 amide bonds. The summed E-state index contributed by atoms with van der Waals surface area (Å²) in [6, 6.07) is 21.5. The van der Waals surface area contributed by atoms with E-state index in [-0.39, 0.29) is 4.90 Å². The smallest absolute Gasteiger partial charge is 0.261 e. The molecular formula is C21H17ClN2O2S. The molecule has 136 valence electrons. The van der Waals surface area contributed by atoms with Crippen LogP contribution in [-0.2, 0) is 16.4 Å². The van der Waals surface area contributed by atoms with Crippen molar-refractivity contribution in [3.05, 3.63) is 94.5 Å². The van der Waals surface area contributed by atoms with E-state index in [1.54, 1.807) is 24.3 Å². The van der Waals surface area contributed by atoms with Gasteiger partial charge in [0.1, 0.15) is 0 Å². The van der Waals surface area contributed by atoms with Crippen LogP contribution in [-0.4, -0.2) is 20.7 Å². The molecule has 3 aromatic rings. The normalized spacial score (nSPS) is 13.6. The number of sulfonamides is 1. The molecule has 0 aliphatic carbocycles. The molecule has 0 radical (unpaired) electrons. The van der Waals surface area contributed by atoms with Crippen LogP contribution in [0.4, 0.5) is 5.69 Å². The third kappa shape index (κ3) is 3.61. The van der Waals surface area contributed by atoms with Gasteiger partial charge in [0.05, 0.1) is 16.3 Å². The van der Waals surface area contributed by atoms with Gasteiger partial charge in [-0.1, -0.05) is 54.1 Å². The highest BCUT2D eigenvalue weighted by atomic mass is 35.5. The quantitative estimate of drug-likeness (QED) is 0.704. The number of nitrogens with zero attached hydrogens (tertiary/aromatic N) is 1. The lowest BCUT2D eigenvalue weighted by Gasteiger charge is -2.19. The minimum absolute atomic E-state index is 0.160. The van der Waals surface area contributed by atoms with Crippen LogP contribution in [0.5, 0.6) is 0 Å². The number of anilines is 1. The van der Waals surface area contributed by atoms with Gasteiger partial charge < -0.3 is 0 Å². The Kier molecular flexibility index (Phi) is 4.72. The Morgan fingerprint density at radius 2 is 1.52 bits per heavy atom. The molecule has 3 aromatic carbocycles. The van der Waals surface area contributed by atoms with Crippen molar-refractivity contribution in [2.45, 2.75) is 11.3 Å². The van der Waals surface area contributed by atoms with Crippen LogP contribution in [0.15, 0.2) is 82.7 Å². The summed E-state index contributed by atoms with van der Waals surface area (Å²) in [7, 11) is -3.73. The lowest BCUT2D eigenvalue weighted by atomic mass is 9.93. The topological polar surface area (TPSA) is 58.5 Å². The van der Waals surface area contributed by atoms with E-state index < -0.39 is 10.0 Å². The fourth-order valence-corrected chi connectivity index (χ4v) is 4.37. The van der Waals surface area contributed by atoms with Crippen LogP contribution >= 0.6 is 11.6 Å². The predicted octanol–water partition coefficient (Wildman–Crippen LogP) is 4.53. The molecule has 4 nitrogen and oxygen atoms in total. The van der Waals surface area contributed by atoms with Gasteiger partial charge in [0, 0.05) is 22.7 Å². The van der Waals surface area contributed by atoms with Crippen molar-refractivity contribution < 1.29 is 8.42 Å². The number of nitrogens with one attached hydrogen (secondary N) is 1. The van der Waals surface area contributed by atoms with E-state index >= 15 is 0 Å². The highest BCUT2D eigenvalue weighted by molar-refractivity contribution is 7.92. The largest absolute Gasteiger partial charge is 0.284 e. The summed E-state index contributed by atoms with van der Waals surface area (Å²) >= 11 is 5.87. The highest BCUT2D eigenvalue weighted by Gasteiger charge is 2.21. The van der Waals surface area contributed by atoms with Gasteiger partial charge in [0.15, 0.2) is 0 Å². The Labute approximate surface area is 163 Å². The first-order valence-electron chi connectivity index (χ1n) is 8.55. The SMILES string of the molecule is O=S(=O)(Nc1ccccc1C1=NCCc2ccccc21)c1ccc(Cl)cc1. The molecule has 1 heterocycles. The average molecular weight is 397 g/mol. The molecule has 1 aliphatic heterocycles. The van der Waals surface area contributed by atoms with Crippen LogP contribution in [0.3, 0.4) is 0 Å². The molecule has 1 aliphatic rings. The van der Waals surface area contributed by atoms with E-state index in [1.165, 1.54) is 17.7 Å². The number of hydrogen-bond donors (Lipinski definition) is 1. The zero-order valence-corrected chi connectivity index (χ0v) is 16.0. The summed E-state index contributed by atoms with van der Waals surface area (Å²) in [6.07, 6.45) is 0.887. The van der Waals surface area contributed by atoms with Crippen LogP contribution in [0.1, 0.15) is 16.7 Å². The fraction of sp³-hybridized carbons (Fsp3) is 0.0952. The molecule has 0 unspecified atom stereocenters. The standard InChI is InChI=1S/C21H17ClN2O2S/c22-16-9-11-17(12-10-16)27(25,26)24-20-8-4-3-7-19(20)21-18-6-2-1-5-15(18)13-14-23-21/h1-12,24H,13-14H2. The molecule has 0 saturated heterocycles. The lowest BCUT2D eigenvalue weighted by Crippen LogP contribution is -2.19. The Morgan fingerprint density at radius 3 is 2.30 bits per heavy atom. The van der Waals surface area contributed by atoms with Gasteiger partial charge >= 0.3 is 0 Å². The summed E-state index contributed by atoms with van der Waals surface area (Å²) in [6.45, 7) is 0.685. The van der Waals surface area contributed by atoms with E-state index in [9.17, 15) is 8.42 Å². The molecule has 1 N–H and O–H groups in total. The zero-order valence-electron chi connectivity index (χ0n) is 14.4. The number of aliphatic imine (C=N–C) groups is 1. The number of benzene rings is 3. The van der Waals surface area contributed by atoms with Crippen molar-refractivity contribution >= 4 is 33.0 Å². The van der Waals surface area contributed by atoms with Crippen molar-refractivity contribution in [1.82, 2.24) is 0 Å². The molecule has 0 fully saturated rings. The Hall–Kier alpha value is -2.63. The minimum atomic E-state index is -3.73. The molecule has 27 heavy (non-hydrogen) atoms. The number of fused-ring (bicyclic) bond motifs is 1. The van der Waals surface area contributed by atoms with Crippen molar-refractivity contribution in [1.29, 1.82) is 0 Å². The van der Waals surface area contributed by atoms with Crippen molar-refractivity contribution in [3.8, 4) is 0 Å². The van der Waals surface area contributed by atoms with Gasteiger partial charge in [-0.25, -0.2) is 8.42 Å². The van der Waals surface area contributed by atoms with Crippen LogP contribution in [0.2, 0.25) is 5.02 Å². The second-order valence-electron chi connectivity index (χ2n) is 6.24. The maximum atomic E-state index is 12.8. The molecule has 4 rings (SSSR count). The van der Waals surface area contributed by atoms with Gasteiger partial charge in [-0.3, -0.25) is 9.71 Å². The number of hydrogen-bond acceptors (Lipinski definition) is 3. The molecule has 0 aromatic heterocycles. The lowest BCUT2D eigenvalue weighted by molar-refractivity contribution is 0.601. The van der Waals surface area contributed by atoms with Crippen molar-refractivity contribution in [2.24, 2.45) is 4.99 Å². The van der Waals surface area contributed by atoms with E-state index in [0.717, 1.165) is 23.3 Å². The number of halogens is 1. The summed E-state index contributed by atoms with van der Waals surface area (Å²) in [5.74, 6) is 0. The summed E-state index contributed by atoms with van der Waals surface area (Å²) in [5.41, 5.74) is 4.34. The highest BCUT2D eigenvalue weighted by Crippen LogP contribution is 2.27. The summed E-state index contributed by atoms with van der Waals surface area (Å²) in [4.78, 5) is 4.84. The van der Waals surface area contributed by atoms with Crippen LogP contribution in [0, 0.1) is 0 Å². The molecule has 0 atom stereocenters. The maximum Gasteiger partial charge on any atom is 0.261 e. The van der Waals surface area contributed by atoms with E-state index in [1.807, 2.05) is 30.3 Å². The monoisotopic (exact) mass is 396 g/mol. The molecule has 0 spiro atoms. The Balaban J connectivity index is 1.75. The first-order valence-corrected chi connectivity index (χ1v) is 10.4. The summed E-state index contributed by atoms with van der Waals surface area (Å²) in [5, 5.41) is 0.488. The van der Waals surface area contributed by atoms with Crippen molar-refractivity contribution in [2.75, 3.05) is 11.3 Å². The van der Waals surface area contributed by atoms with Gasteiger partial charge in [-0.15, -0.1) is 0 Å². The van der Waals surface area contributed by atoms with Gasteiger partial charge in [-0.2, -0.15) is 0 Å². The summed E-state index contributed by atoms with van der Waals surface area (Å²) < 4.78 is 28.3. The first-order chi connectivity index (χ1) is 13.0. The van der Waals surface area contributed by atoms with Crippen LogP contribution in [0.25, 0.3) is 0 Å². The maximum absolute atomic E-state index is 12.8. The van der Waals surface area contributed by atoms with Gasteiger partial charge in [0.25, 0.3) is 10.0 Å².